The highest BCUT2D eigenvalue weighted by Crippen LogP contribution is 2.23. The molecule has 0 aliphatic heterocycles. The molecule has 138 valence electrons. The molecule has 0 unspecified atom stereocenters. The summed E-state index contributed by atoms with van der Waals surface area (Å²) in [6.07, 6.45) is 0. The molecule has 0 radical (unpaired) electrons. The Hall–Kier alpha value is -4.20. The lowest BCUT2D eigenvalue weighted by atomic mass is 10.1. The molecular formula is C20H15N5O3. The van der Waals surface area contributed by atoms with Crippen molar-refractivity contribution >= 4 is 34.0 Å². The van der Waals surface area contributed by atoms with Crippen LogP contribution >= 0.6 is 0 Å². The number of nitrogen functional groups attached to an aromatic ring is 1. The lowest BCUT2D eigenvalue weighted by molar-refractivity contribution is -0.384. The molecule has 1 aromatic heterocycles. The largest absolute Gasteiger partial charge is 0.399 e. The molecule has 4 rings (SSSR count). The number of hydrogen-bond donors (Lipinski definition) is 3. The molecule has 0 bridgehead atoms. The fourth-order valence-corrected chi connectivity index (χ4v) is 2.81. The van der Waals surface area contributed by atoms with Gasteiger partial charge in [0.25, 0.3) is 11.6 Å². The normalized spacial score (nSPS) is 10.7. The number of nitro groups is 1. The average molecular weight is 373 g/mol. The van der Waals surface area contributed by atoms with Crippen LogP contribution < -0.4 is 11.1 Å². The van der Waals surface area contributed by atoms with Crippen LogP contribution in [0.15, 0.2) is 66.7 Å². The number of imidazole rings is 1. The molecule has 8 heteroatoms. The number of H-pyrrole nitrogens is 1. The molecule has 0 fully saturated rings. The van der Waals surface area contributed by atoms with Gasteiger partial charge in [0.15, 0.2) is 0 Å². The lowest BCUT2D eigenvalue weighted by Gasteiger charge is -2.06. The van der Waals surface area contributed by atoms with Gasteiger partial charge in [0.2, 0.25) is 0 Å². The predicted molar refractivity (Wildman–Crippen MR) is 107 cm³/mol. The summed E-state index contributed by atoms with van der Waals surface area (Å²) in [5.74, 6) is 0.357. The number of aromatic nitrogens is 2. The number of benzene rings is 3. The van der Waals surface area contributed by atoms with Crippen molar-refractivity contribution in [3.8, 4) is 11.4 Å². The Balaban J connectivity index is 1.50. The van der Waals surface area contributed by atoms with E-state index < -0.39 is 4.92 Å². The van der Waals surface area contributed by atoms with Crippen molar-refractivity contribution in [2.45, 2.75) is 0 Å². The summed E-state index contributed by atoms with van der Waals surface area (Å²) in [5.41, 5.74) is 9.86. The molecule has 1 amide bonds. The number of non-ortho nitro benzene ring substituents is 1. The maximum Gasteiger partial charge on any atom is 0.269 e. The maximum absolute atomic E-state index is 12.3. The minimum absolute atomic E-state index is 0.0616. The lowest BCUT2D eigenvalue weighted by Crippen LogP contribution is -2.11. The van der Waals surface area contributed by atoms with Gasteiger partial charge in [0.1, 0.15) is 5.82 Å². The summed E-state index contributed by atoms with van der Waals surface area (Å²) < 4.78 is 0. The van der Waals surface area contributed by atoms with E-state index in [9.17, 15) is 14.9 Å². The second-order valence-electron chi connectivity index (χ2n) is 6.20. The molecule has 0 saturated carbocycles. The Labute approximate surface area is 159 Å². The Morgan fingerprint density at radius 2 is 1.75 bits per heavy atom. The Morgan fingerprint density at radius 1 is 1.04 bits per heavy atom. The zero-order valence-corrected chi connectivity index (χ0v) is 14.5. The van der Waals surface area contributed by atoms with E-state index in [1.807, 2.05) is 24.3 Å². The third-order valence-electron chi connectivity index (χ3n) is 4.26. The summed E-state index contributed by atoms with van der Waals surface area (Å²) in [4.78, 5) is 30.2. The minimum atomic E-state index is -0.507. The summed E-state index contributed by atoms with van der Waals surface area (Å²) in [6, 6.07) is 18.1. The molecule has 0 aliphatic rings. The van der Waals surface area contributed by atoms with Crippen molar-refractivity contribution in [3.05, 3.63) is 82.4 Å². The average Bonchev–Trinajstić information content (AvgIpc) is 3.11. The summed E-state index contributed by atoms with van der Waals surface area (Å²) in [5, 5.41) is 13.5. The van der Waals surface area contributed by atoms with E-state index in [0.717, 1.165) is 16.6 Å². The fourth-order valence-electron chi connectivity index (χ4n) is 2.81. The van der Waals surface area contributed by atoms with Gasteiger partial charge in [-0.25, -0.2) is 4.98 Å². The molecule has 28 heavy (non-hydrogen) atoms. The summed E-state index contributed by atoms with van der Waals surface area (Å²) in [6.45, 7) is 0. The van der Waals surface area contributed by atoms with Crippen molar-refractivity contribution in [1.82, 2.24) is 9.97 Å². The first kappa shape index (κ1) is 17.2. The van der Waals surface area contributed by atoms with Crippen molar-refractivity contribution in [2.24, 2.45) is 0 Å². The van der Waals surface area contributed by atoms with E-state index in [4.69, 9.17) is 5.73 Å². The van der Waals surface area contributed by atoms with E-state index in [-0.39, 0.29) is 11.6 Å². The van der Waals surface area contributed by atoms with E-state index in [1.54, 1.807) is 18.2 Å². The van der Waals surface area contributed by atoms with Gasteiger partial charge in [-0.2, -0.15) is 0 Å². The second-order valence-corrected chi connectivity index (χ2v) is 6.20. The SMILES string of the molecule is Nc1ccc2nc(-c3ccc(NC(=O)c4ccc([N+](=O)[O-])cc4)cc3)[nH]c2c1. The van der Waals surface area contributed by atoms with Gasteiger partial charge < -0.3 is 16.0 Å². The first-order valence-electron chi connectivity index (χ1n) is 8.41. The van der Waals surface area contributed by atoms with Crippen LogP contribution in [-0.4, -0.2) is 20.8 Å². The number of nitrogens with zero attached hydrogens (tertiary/aromatic N) is 2. The number of carbonyl (C=O) groups excluding carboxylic acids is 1. The Bertz CT molecular complexity index is 1180. The van der Waals surface area contributed by atoms with Crippen molar-refractivity contribution in [3.63, 3.8) is 0 Å². The number of rotatable bonds is 4. The molecule has 0 spiro atoms. The van der Waals surface area contributed by atoms with Crippen LogP contribution in [0, 0.1) is 10.1 Å². The van der Waals surface area contributed by atoms with Crippen LogP contribution in [-0.2, 0) is 0 Å². The highest BCUT2D eigenvalue weighted by atomic mass is 16.6. The highest BCUT2D eigenvalue weighted by Gasteiger charge is 2.10. The molecular weight excluding hydrogens is 358 g/mol. The third-order valence-corrected chi connectivity index (χ3v) is 4.26. The first-order chi connectivity index (χ1) is 13.5. The van der Waals surface area contributed by atoms with Crippen LogP contribution in [0.1, 0.15) is 10.4 Å². The van der Waals surface area contributed by atoms with Gasteiger partial charge in [-0.1, -0.05) is 0 Å². The molecule has 0 atom stereocenters. The van der Waals surface area contributed by atoms with E-state index in [1.165, 1.54) is 24.3 Å². The summed E-state index contributed by atoms with van der Waals surface area (Å²) >= 11 is 0. The molecule has 0 saturated heterocycles. The monoisotopic (exact) mass is 373 g/mol. The van der Waals surface area contributed by atoms with Crippen LogP contribution in [0.2, 0.25) is 0 Å². The summed E-state index contributed by atoms with van der Waals surface area (Å²) in [7, 11) is 0. The van der Waals surface area contributed by atoms with Crippen LogP contribution in [0.25, 0.3) is 22.4 Å². The van der Waals surface area contributed by atoms with E-state index >= 15 is 0 Å². The van der Waals surface area contributed by atoms with Crippen molar-refractivity contribution < 1.29 is 9.72 Å². The maximum atomic E-state index is 12.3. The molecule has 4 aromatic rings. The number of nitrogens with two attached hydrogens (primary N) is 1. The zero-order chi connectivity index (χ0) is 19.7. The van der Waals surface area contributed by atoms with Crippen LogP contribution in [0.3, 0.4) is 0 Å². The van der Waals surface area contributed by atoms with Crippen molar-refractivity contribution in [1.29, 1.82) is 0 Å². The number of carbonyl (C=O) groups is 1. The van der Waals surface area contributed by atoms with Gasteiger partial charge in [-0.3, -0.25) is 14.9 Å². The standard InChI is InChI=1S/C20H15N5O3/c21-14-5-10-17-18(11-14)24-19(23-17)12-1-6-15(7-2-12)22-20(26)13-3-8-16(9-4-13)25(27)28/h1-11H,21H2,(H,22,26)(H,23,24). The van der Waals surface area contributed by atoms with Crippen molar-refractivity contribution in [2.75, 3.05) is 11.1 Å². The highest BCUT2D eigenvalue weighted by molar-refractivity contribution is 6.04. The minimum Gasteiger partial charge on any atom is -0.399 e. The van der Waals surface area contributed by atoms with Gasteiger partial charge in [0, 0.05) is 34.6 Å². The number of aromatic amines is 1. The van der Waals surface area contributed by atoms with Crippen LogP contribution in [0.4, 0.5) is 17.1 Å². The van der Waals surface area contributed by atoms with Crippen LogP contribution in [0.5, 0.6) is 0 Å². The topological polar surface area (TPSA) is 127 Å². The number of anilines is 2. The number of amides is 1. The van der Waals surface area contributed by atoms with Gasteiger partial charge in [-0.15, -0.1) is 0 Å². The van der Waals surface area contributed by atoms with E-state index in [0.29, 0.717) is 22.8 Å². The Kier molecular flexibility index (Phi) is 4.21. The Morgan fingerprint density at radius 3 is 2.43 bits per heavy atom. The number of fused-ring (bicyclic) bond motifs is 1. The van der Waals surface area contributed by atoms with Gasteiger partial charge in [0.05, 0.1) is 16.0 Å². The molecule has 1 heterocycles. The zero-order valence-electron chi connectivity index (χ0n) is 14.5. The molecule has 3 aromatic carbocycles. The molecule has 4 N–H and O–H groups in total. The first-order valence-corrected chi connectivity index (χ1v) is 8.41. The van der Waals surface area contributed by atoms with Gasteiger partial charge in [-0.05, 0) is 54.6 Å². The smallest absolute Gasteiger partial charge is 0.269 e. The molecule has 8 nitrogen and oxygen atoms in total. The third kappa shape index (κ3) is 3.38. The fraction of sp³-hybridized carbons (Fsp3) is 0. The van der Waals surface area contributed by atoms with E-state index in [2.05, 4.69) is 15.3 Å². The quantitative estimate of drug-likeness (QED) is 0.283. The number of nitro benzene ring substituents is 1. The number of nitrogens with one attached hydrogen (secondary N) is 2. The predicted octanol–water partition coefficient (Wildman–Crippen LogP) is 3.97. The molecule has 0 aliphatic carbocycles. The number of hydrogen-bond acceptors (Lipinski definition) is 5. The second kappa shape index (κ2) is 6.84. The van der Waals surface area contributed by atoms with Gasteiger partial charge >= 0.3 is 0 Å².